The second-order valence-corrected chi connectivity index (χ2v) is 4.36. The molecule has 2 heteroatoms. The fourth-order valence-electron chi connectivity index (χ4n) is 2.04. The number of Topliss-reactive ketones (excluding diaryl/α,β-unsaturated/α-hetero) is 1. The van der Waals surface area contributed by atoms with Crippen LogP contribution in [0.25, 0.3) is 0 Å². The van der Waals surface area contributed by atoms with E-state index in [9.17, 15) is 4.79 Å². The Balaban J connectivity index is 2.16. The van der Waals surface area contributed by atoms with Gasteiger partial charge >= 0.3 is 0 Å². The first-order valence-electron chi connectivity index (χ1n) is 5.68. The van der Waals surface area contributed by atoms with Crippen LogP contribution in [-0.4, -0.2) is 18.9 Å². The van der Waals surface area contributed by atoms with E-state index < -0.39 is 0 Å². The molecule has 0 aromatic heterocycles. The molecule has 0 radical (unpaired) electrons. The highest BCUT2D eigenvalue weighted by Crippen LogP contribution is 2.20. The van der Waals surface area contributed by atoms with Crippen LogP contribution in [0.15, 0.2) is 35.9 Å². The SMILES string of the molecule is CC(=O)c1ccc(N2CCC=C(C)C2)cc1. The zero-order chi connectivity index (χ0) is 11.5. The van der Waals surface area contributed by atoms with Gasteiger partial charge in [0.25, 0.3) is 0 Å². The Morgan fingerprint density at radius 3 is 2.50 bits per heavy atom. The molecule has 0 fully saturated rings. The fourth-order valence-corrected chi connectivity index (χ4v) is 2.04. The van der Waals surface area contributed by atoms with Gasteiger partial charge in [-0.3, -0.25) is 4.79 Å². The van der Waals surface area contributed by atoms with Crippen LogP contribution in [0.2, 0.25) is 0 Å². The van der Waals surface area contributed by atoms with Crippen LogP contribution in [0, 0.1) is 0 Å². The highest BCUT2D eigenvalue weighted by atomic mass is 16.1. The molecule has 0 saturated carbocycles. The Morgan fingerprint density at radius 1 is 1.25 bits per heavy atom. The average molecular weight is 215 g/mol. The Hall–Kier alpha value is -1.57. The number of nitrogens with zero attached hydrogens (tertiary/aromatic N) is 1. The normalized spacial score (nSPS) is 15.9. The van der Waals surface area contributed by atoms with E-state index in [0.29, 0.717) is 0 Å². The van der Waals surface area contributed by atoms with Crippen molar-refractivity contribution >= 4 is 11.5 Å². The minimum Gasteiger partial charge on any atom is -0.367 e. The quantitative estimate of drug-likeness (QED) is 0.558. The molecule has 1 aromatic rings. The summed E-state index contributed by atoms with van der Waals surface area (Å²) in [7, 11) is 0. The summed E-state index contributed by atoms with van der Waals surface area (Å²) in [6.45, 7) is 5.83. The number of anilines is 1. The Labute approximate surface area is 96.6 Å². The summed E-state index contributed by atoms with van der Waals surface area (Å²) in [5.74, 6) is 0.126. The first-order chi connectivity index (χ1) is 7.66. The summed E-state index contributed by atoms with van der Waals surface area (Å²) in [5.41, 5.74) is 3.41. The number of carbonyl (C=O) groups excluding carboxylic acids is 1. The van der Waals surface area contributed by atoms with Crippen LogP contribution in [-0.2, 0) is 0 Å². The van der Waals surface area contributed by atoms with Crippen molar-refractivity contribution < 1.29 is 4.79 Å². The number of ketones is 1. The highest BCUT2D eigenvalue weighted by molar-refractivity contribution is 5.94. The Bertz CT molecular complexity index is 417. The van der Waals surface area contributed by atoms with Crippen LogP contribution in [0.5, 0.6) is 0 Å². The molecule has 2 rings (SSSR count). The van der Waals surface area contributed by atoms with E-state index in [2.05, 4.69) is 17.9 Å². The smallest absolute Gasteiger partial charge is 0.159 e. The molecule has 84 valence electrons. The molecule has 16 heavy (non-hydrogen) atoms. The van der Waals surface area contributed by atoms with E-state index in [0.717, 1.165) is 25.1 Å². The minimum absolute atomic E-state index is 0.126. The van der Waals surface area contributed by atoms with Crippen molar-refractivity contribution in [2.45, 2.75) is 20.3 Å². The van der Waals surface area contributed by atoms with Gasteiger partial charge < -0.3 is 4.90 Å². The van der Waals surface area contributed by atoms with E-state index in [1.165, 1.54) is 11.3 Å². The summed E-state index contributed by atoms with van der Waals surface area (Å²) in [6, 6.07) is 7.89. The predicted octanol–water partition coefficient (Wildman–Crippen LogP) is 3.05. The summed E-state index contributed by atoms with van der Waals surface area (Å²) in [4.78, 5) is 13.5. The summed E-state index contributed by atoms with van der Waals surface area (Å²) in [6.07, 6.45) is 3.40. The number of carbonyl (C=O) groups is 1. The van der Waals surface area contributed by atoms with E-state index >= 15 is 0 Å². The molecule has 0 spiro atoms. The molecular weight excluding hydrogens is 198 g/mol. The highest BCUT2D eigenvalue weighted by Gasteiger charge is 2.10. The molecular formula is C14H17NO. The van der Waals surface area contributed by atoms with Gasteiger partial charge in [0.15, 0.2) is 5.78 Å². The standard InChI is InChI=1S/C14H17NO/c1-11-4-3-9-15(10-11)14-7-5-13(6-8-14)12(2)16/h4-8H,3,9-10H2,1-2H3. The maximum atomic E-state index is 11.2. The van der Waals surface area contributed by atoms with Crippen molar-refractivity contribution in [3.8, 4) is 0 Å². The first kappa shape index (κ1) is 10.9. The lowest BCUT2D eigenvalue weighted by molar-refractivity contribution is 0.101. The summed E-state index contributed by atoms with van der Waals surface area (Å²) >= 11 is 0. The van der Waals surface area contributed by atoms with Crippen molar-refractivity contribution in [1.82, 2.24) is 0 Å². The maximum Gasteiger partial charge on any atom is 0.159 e. The molecule has 2 nitrogen and oxygen atoms in total. The third-order valence-electron chi connectivity index (χ3n) is 2.97. The van der Waals surface area contributed by atoms with Gasteiger partial charge in [0.2, 0.25) is 0 Å². The van der Waals surface area contributed by atoms with Crippen molar-refractivity contribution in [2.24, 2.45) is 0 Å². The molecule has 0 saturated heterocycles. The molecule has 1 aromatic carbocycles. The van der Waals surface area contributed by atoms with Gasteiger partial charge in [-0.2, -0.15) is 0 Å². The third kappa shape index (κ3) is 2.32. The topological polar surface area (TPSA) is 20.3 Å². The van der Waals surface area contributed by atoms with Gasteiger partial charge in [-0.05, 0) is 44.5 Å². The number of benzene rings is 1. The van der Waals surface area contributed by atoms with Crippen LogP contribution >= 0.6 is 0 Å². The molecule has 0 N–H and O–H groups in total. The van der Waals surface area contributed by atoms with Gasteiger partial charge in [-0.1, -0.05) is 11.6 Å². The molecule has 0 atom stereocenters. The van der Waals surface area contributed by atoms with Crippen LogP contribution in [0.3, 0.4) is 0 Å². The lowest BCUT2D eigenvalue weighted by atomic mass is 10.1. The second kappa shape index (κ2) is 4.52. The van der Waals surface area contributed by atoms with Crippen LogP contribution in [0.1, 0.15) is 30.6 Å². The zero-order valence-corrected chi connectivity index (χ0v) is 9.86. The van der Waals surface area contributed by atoms with Gasteiger partial charge in [0.1, 0.15) is 0 Å². The van der Waals surface area contributed by atoms with Gasteiger partial charge in [0.05, 0.1) is 0 Å². The van der Waals surface area contributed by atoms with E-state index in [-0.39, 0.29) is 5.78 Å². The largest absolute Gasteiger partial charge is 0.367 e. The first-order valence-corrected chi connectivity index (χ1v) is 5.68. The minimum atomic E-state index is 0.126. The molecule has 1 aliphatic rings. The van der Waals surface area contributed by atoms with Crippen molar-refractivity contribution in [2.75, 3.05) is 18.0 Å². The maximum absolute atomic E-state index is 11.2. The average Bonchev–Trinajstić information content (AvgIpc) is 2.29. The second-order valence-electron chi connectivity index (χ2n) is 4.36. The third-order valence-corrected chi connectivity index (χ3v) is 2.97. The fraction of sp³-hybridized carbons (Fsp3) is 0.357. The van der Waals surface area contributed by atoms with Gasteiger partial charge in [-0.25, -0.2) is 0 Å². The Morgan fingerprint density at radius 2 is 1.94 bits per heavy atom. The zero-order valence-electron chi connectivity index (χ0n) is 9.86. The summed E-state index contributed by atoms with van der Waals surface area (Å²) in [5, 5.41) is 0. The lowest BCUT2D eigenvalue weighted by Crippen LogP contribution is -2.28. The molecule has 1 heterocycles. The van der Waals surface area contributed by atoms with Crippen molar-refractivity contribution in [1.29, 1.82) is 0 Å². The van der Waals surface area contributed by atoms with Crippen molar-refractivity contribution in [3.05, 3.63) is 41.5 Å². The Kier molecular flexibility index (Phi) is 3.09. The molecule has 1 aliphatic heterocycles. The van der Waals surface area contributed by atoms with E-state index in [4.69, 9.17) is 0 Å². The summed E-state index contributed by atoms with van der Waals surface area (Å²) < 4.78 is 0. The van der Waals surface area contributed by atoms with Crippen LogP contribution < -0.4 is 4.90 Å². The molecule has 0 amide bonds. The van der Waals surface area contributed by atoms with Gasteiger partial charge in [-0.15, -0.1) is 0 Å². The van der Waals surface area contributed by atoms with Crippen LogP contribution in [0.4, 0.5) is 5.69 Å². The number of rotatable bonds is 2. The number of hydrogen-bond donors (Lipinski definition) is 0. The lowest BCUT2D eigenvalue weighted by Gasteiger charge is -2.28. The van der Waals surface area contributed by atoms with E-state index in [1.807, 2.05) is 24.3 Å². The van der Waals surface area contributed by atoms with E-state index in [1.54, 1.807) is 6.92 Å². The van der Waals surface area contributed by atoms with Crippen molar-refractivity contribution in [3.63, 3.8) is 0 Å². The number of hydrogen-bond acceptors (Lipinski definition) is 2. The van der Waals surface area contributed by atoms with Gasteiger partial charge in [0, 0.05) is 24.3 Å². The monoisotopic (exact) mass is 215 g/mol. The molecule has 0 unspecified atom stereocenters. The molecule has 0 aliphatic carbocycles. The molecule has 0 bridgehead atoms. The predicted molar refractivity (Wildman–Crippen MR) is 67.0 cm³/mol.